The normalized spacial score (nSPS) is 10.8. The Morgan fingerprint density at radius 3 is 2.62 bits per heavy atom. The van der Waals surface area contributed by atoms with Crippen LogP contribution in [0, 0.1) is 0 Å². The largest absolute Gasteiger partial charge is 0.497 e. The van der Waals surface area contributed by atoms with Crippen molar-refractivity contribution in [2.24, 2.45) is 0 Å². The van der Waals surface area contributed by atoms with E-state index in [4.69, 9.17) is 4.74 Å². The van der Waals surface area contributed by atoms with E-state index in [2.05, 4.69) is 22.4 Å². The summed E-state index contributed by atoms with van der Waals surface area (Å²) < 4.78 is 7.16. The van der Waals surface area contributed by atoms with Crippen LogP contribution < -0.4 is 10.1 Å². The highest BCUT2D eigenvalue weighted by atomic mass is 32.2. The lowest BCUT2D eigenvalue weighted by molar-refractivity contribution is -0.116. The second-order valence-corrected chi connectivity index (χ2v) is 7.51. The van der Waals surface area contributed by atoms with Crippen molar-refractivity contribution >= 4 is 34.3 Å². The number of para-hydroxylation sites is 1. The Morgan fingerprint density at radius 2 is 1.86 bits per heavy atom. The summed E-state index contributed by atoms with van der Waals surface area (Å²) in [5.41, 5.74) is 3.00. The molecular weight excluding hydrogens is 382 g/mol. The first-order chi connectivity index (χ1) is 14.2. The SMILES string of the molecule is COc1ccc(CSc2nccc3c2ccn3CC(=O)Nc2ccccc2)cc1. The van der Waals surface area contributed by atoms with Crippen molar-refractivity contribution < 1.29 is 9.53 Å². The number of aromatic nitrogens is 2. The van der Waals surface area contributed by atoms with E-state index in [1.807, 2.05) is 65.4 Å². The third-order valence-electron chi connectivity index (χ3n) is 4.57. The molecule has 1 N–H and O–H groups in total. The number of thioether (sulfide) groups is 1. The summed E-state index contributed by atoms with van der Waals surface area (Å²) >= 11 is 1.69. The van der Waals surface area contributed by atoms with Crippen LogP contribution >= 0.6 is 11.8 Å². The molecule has 6 heteroatoms. The van der Waals surface area contributed by atoms with E-state index in [1.54, 1.807) is 25.1 Å². The molecule has 5 nitrogen and oxygen atoms in total. The van der Waals surface area contributed by atoms with Gasteiger partial charge in [0, 0.05) is 29.2 Å². The van der Waals surface area contributed by atoms with E-state index >= 15 is 0 Å². The predicted octanol–water partition coefficient (Wildman–Crippen LogP) is 4.98. The van der Waals surface area contributed by atoms with Crippen LogP contribution in [-0.2, 0) is 17.1 Å². The monoisotopic (exact) mass is 403 g/mol. The van der Waals surface area contributed by atoms with E-state index in [-0.39, 0.29) is 12.5 Å². The maximum Gasteiger partial charge on any atom is 0.244 e. The first-order valence-corrected chi connectivity index (χ1v) is 10.3. The van der Waals surface area contributed by atoms with Gasteiger partial charge in [0.1, 0.15) is 17.3 Å². The maximum atomic E-state index is 12.4. The van der Waals surface area contributed by atoms with Gasteiger partial charge in [-0.05, 0) is 42.0 Å². The van der Waals surface area contributed by atoms with Crippen LogP contribution in [-0.4, -0.2) is 22.6 Å². The molecule has 0 spiro atoms. The number of hydrogen-bond donors (Lipinski definition) is 1. The summed E-state index contributed by atoms with van der Waals surface area (Å²) in [6.45, 7) is 0.255. The Morgan fingerprint density at radius 1 is 1.07 bits per heavy atom. The van der Waals surface area contributed by atoms with Crippen molar-refractivity contribution in [3.8, 4) is 5.75 Å². The Labute approximate surface area is 173 Å². The number of methoxy groups -OCH3 is 1. The third-order valence-corrected chi connectivity index (χ3v) is 5.64. The number of carbonyl (C=O) groups is 1. The van der Waals surface area contributed by atoms with Crippen molar-refractivity contribution in [3.63, 3.8) is 0 Å². The van der Waals surface area contributed by atoms with Gasteiger partial charge in [-0.1, -0.05) is 30.3 Å². The topological polar surface area (TPSA) is 56.2 Å². The molecule has 0 unspecified atom stereocenters. The molecule has 1 amide bonds. The number of benzene rings is 2. The fourth-order valence-electron chi connectivity index (χ4n) is 3.10. The number of fused-ring (bicyclic) bond motifs is 1. The van der Waals surface area contributed by atoms with Gasteiger partial charge in [0.15, 0.2) is 0 Å². The van der Waals surface area contributed by atoms with Crippen LogP contribution in [0.1, 0.15) is 5.56 Å². The molecule has 0 aliphatic rings. The fraction of sp³-hybridized carbons (Fsp3) is 0.130. The minimum atomic E-state index is -0.0575. The molecule has 0 radical (unpaired) electrons. The summed E-state index contributed by atoms with van der Waals surface area (Å²) in [4.78, 5) is 16.9. The number of nitrogens with one attached hydrogen (secondary N) is 1. The lowest BCUT2D eigenvalue weighted by Gasteiger charge is -2.08. The van der Waals surface area contributed by atoms with Gasteiger partial charge < -0.3 is 14.6 Å². The first kappa shape index (κ1) is 19.1. The zero-order valence-corrected chi connectivity index (χ0v) is 16.9. The van der Waals surface area contributed by atoms with Gasteiger partial charge >= 0.3 is 0 Å². The lowest BCUT2D eigenvalue weighted by atomic mass is 10.2. The summed E-state index contributed by atoms with van der Waals surface area (Å²) in [6.07, 6.45) is 3.73. The summed E-state index contributed by atoms with van der Waals surface area (Å²) in [7, 11) is 1.67. The van der Waals surface area contributed by atoms with Crippen LogP contribution in [0.3, 0.4) is 0 Å². The van der Waals surface area contributed by atoms with Crippen molar-refractivity contribution in [2.75, 3.05) is 12.4 Å². The Bertz CT molecular complexity index is 1110. The average molecular weight is 404 g/mol. The Balaban J connectivity index is 1.46. The van der Waals surface area contributed by atoms with Crippen LogP contribution in [0.2, 0.25) is 0 Å². The maximum absolute atomic E-state index is 12.4. The fourth-order valence-corrected chi connectivity index (χ4v) is 4.06. The van der Waals surface area contributed by atoms with Gasteiger partial charge in [0.05, 0.1) is 12.6 Å². The Hall–Kier alpha value is -3.25. The summed E-state index contributed by atoms with van der Waals surface area (Å²) in [5, 5.41) is 4.94. The predicted molar refractivity (Wildman–Crippen MR) is 117 cm³/mol. The van der Waals surface area contributed by atoms with Crippen molar-refractivity contribution in [1.29, 1.82) is 0 Å². The number of pyridine rings is 1. The first-order valence-electron chi connectivity index (χ1n) is 9.27. The molecular formula is C23H21N3O2S. The van der Waals surface area contributed by atoms with E-state index in [0.29, 0.717) is 0 Å². The third kappa shape index (κ3) is 4.60. The van der Waals surface area contributed by atoms with Crippen LogP contribution in [0.5, 0.6) is 5.75 Å². The van der Waals surface area contributed by atoms with Crippen molar-refractivity contribution in [1.82, 2.24) is 9.55 Å². The van der Waals surface area contributed by atoms with Crippen LogP contribution in [0.15, 0.2) is 84.1 Å². The van der Waals surface area contributed by atoms with E-state index < -0.39 is 0 Å². The number of anilines is 1. The highest BCUT2D eigenvalue weighted by Gasteiger charge is 2.11. The van der Waals surface area contributed by atoms with E-state index in [1.165, 1.54) is 5.56 Å². The molecule has 2 aromatic heterocycles. The standard InChI is InChI=1S/C23H21N3O2S/c1-28-19-9-7-17(8-10-19)16-29-23-20-12-14-26(21(20)11-13-24-23)15-22(27)25-18-5-3-2-4-6-18/h2-14H,15-16H2,1H3,(H,25,27). The molecule has 0 saturated heterocycles. The molecule has 4 aromatic rings. The number of carbonyl (C=O) groups excluding carboxylic acids is 1. The number of rotatable bonds is 7. The van der Waals surface area contributed by atoms with Gasteiger partial charge in [-0.2, -0.15) is 0 Å². The highest BCUT2D eigenvalue weighted by molar-refractivity contribution is 7.98. The van der Waals surface area contributed by atoms with Crippen LogP contribution in [0.4, 0.5) is 5.69 Å². The second-order valence-electron chi connectivity index (χ2n) is 6.54. The zero-order valence-electron chi connectivity index (χ0n) is 16.0. The Kier molecular flexibility index (Phi) is 5.81. The minimum Gasteiger partial charge on any atom is -0.497 e. The number of ether oxygens (including phenoxy) is 1. The number of nitrogens with zero attached hydrogens (tertiary/aromatic N) is 2. The summed E-state index contributed by atoms with van der Waals surface area (Å²) in [5.74, 6) is 1.61. The van der Waals surface area contributed by atoms with Crippen molar-refractivity contribution in [3.05, 3.63) is 84.7 Å². The molecule has 2 aromatic carbocycles. The van der Waals surface area contributed by atoms with E-state index in [0.717, 1.165) is 33.1 Å². The average Bonchev–Trinajstić information content (AvgIpc) is 3.16. The van der Waals surface area contributed by atoms with Gasteiger partial charge in [-0.25, -0.2) is 4.98 Å². The van der Waals surface area contributed by atoms with Gasteiger partial charge in [0.25, 0.3) is 0 Å². The highest BCUT2D eigenvalue weighted by Crippen LogP contribution is 2.29. The summed E-state index contributed by atoms with van der Waals surface area (Å²) in [6, 6.07) is 21.5. The molecule has 0 atom stereocenters. The number of amides is 1. The molecule has 2 heterocycles. The molecule has 0 fully saturated rings. The smallest absolute Gasteiger partial charge is 0.244 e. The molecule has 0 saturated carbocycles. The minimum absolute atomic E-state index is 0.0575. The van der Waals surface area contributed by atoms with Gasteiger partial charge in [-0.3, -0.25) is 4.79 Å². The molecule has 29 heavy (non-hydrogen) atoms. The van der Waals surface area contributed by atoms with Crippen molar-refractivity contribution in [2.45, 2.75) is 17.3 Å². The molecule has 0 aliphatic heterocycles. The number of hydrogen-bond acceptors (Lipinski definition) is 4. The van der Waals surface area contributed by atoms with E-state index in [9.17, 15) is 4.79 Å². The quantitative estimate of drug-likeness (QED) is 0.442. The molecule has 4 rings (SSSR count). The molecule has 0 bridgehead atoms. The van der Waals surface area contributed by atoms with Crippen LogP contribution in [0.25, 0.3) is 10.9 Å². The second kappa shape index (κ2) is 8.84. The van der Waals surface area contributed by atoms with Gasteiger partial charge in [0.2, 0.25) is 5.91 Å². The lowest BCUT2D eigenvalue weighted by Crippen LogP contribution is -2.18. The van der Waals surface area contributed by atoms with Gasteiger partial charge in [-0.15, -0.1) is 11.8 Å². The molecule has 0 aliphatic carbocycles. The zero-order chi connectivity index (χ0) is 20.1. The molecule has 146 valence electrons.